The Bertz CT molecular complexity index is 1180. The van der Waals surface area contributed by atoms with Crippen LogP contribution in [0, 0.1) is 0 Å². The summed E-state index contributed by atoms with van der Waals surface area (Å²) in [5.41, 5.74) is 2.74. The molecule has 0 saturated carbocycles. The van der Waals surface area contributed by atoms with Crippen molar-refractivity contribution in [2.75, 3.05) is 5.32 Å². The predicted molar refractivity (Wildman–Crippen MR) is 95.2 cm³/mol. The number of allylic oxidation sites excluding steroid dienone is 1. The SMILES string of the molecule is O=C1C2=C(Nc3[nH]c(=O)[nH]c(=O)c3[C@H]2c2ccsc2)c2ccccc21. The normalized spacial score (nSPS) is 17.8. The number of nitrogens with one attached hydrogen (secondary N) is 3. The zero-order valence-corrected chi connectivity index (χ0v) is 13.6. The van der Waals surface area contributed by atoms with Crippen molar-refractivity contribution in [3.05, 3.63) is 89.8 Å². The lowest BCUT2D eigenvalue weighted by Crippen LogP contribution is -2.33. The second-order valence-corrected chi connectivity index (χ2v) is 6.76. The van der Waals surface area contributed by atoms with E-state index < -0.39 is 17.2 Å². The smallest absolute Gasteiger partial charge is 0.327 e. The average molecular weight is 349 g/mol. The molecule has 5 rings (SSSR count). The van der Waals surface area contributed by atoms with Crippen LogP contribution in [0.5, 0.6) is 0 Å². The number of benzene rings is 1. The minimum Gasteiger partial charge on any atom is -0.340 e. The maximum Gasteiger partial charge on any atom is 0.327 e. The number of aromatic nitrogens is 2. The topological polar surface area (TPSA) is 94.8 Å². The quantitative estimate of drug-likeness (QED) is 0.628. The third kappa shape index (κ3) is 1.87. The molecule has 122 valence electrons. The van der Waals surface area contributed by atoms with Gasteiger partial charge in [0.15, 0.2) is 5.78 Å². The molecule has 1 aliphatic heterocycles. The standard InChI is InChI=1S/C18H11N3O3S/c22-15-10-4-2-1-3-9(10)14-12(15)11(8-5-6-25-7-8)13-16(19-14)20-18(24)21-17(13)23/h1-7,11H,(H3,19,20,21,23,24)/t11-/m0/s1. The monoisotopic (exact) mass is 349 g/mol. The Morgan fingerprint density at radius 1 is 0.960 bits per heavy atom. The van der Waals surface area contributed by atoms with Gasteiger partial charge in [-0.05, 0) is 22.4 Å². The van der Waals surface area contributed by atoms with Crippen LogP contribution in [0.3, 0.4) is 0 Å². The summed E-state index contributed by atoms with van der Waals surface area (Å²) in [7, 11) is 0. The molecule has 0 saturated heterocycles. The van der Waals surface area contributed by atoms with Crippen molar-refractivity contribution in [2.24, 2.45) is 0 Å². The first-order valence-electron chi connectivity index (χ1n) is 7.69. The van der Waals surface area contributed by atoms with E-state index in [-0.39, 0.29) is 5.78 Å². The molecule has 0 unspecified atom stereocenters. The van der Waals surface area contributed by atoms with Crippen LogP contribution >= 0.6 is 11.3 Å². The number of rotatable bonds is 1. The first-order valence-corrected chi connectivity index (χ1v) is 8.63. The molecule has 0 radical (unpaired) electrons. The Morgan fingerprint density at radius 2 is 1.76 bits per heavy atom. The highest BCUT2D eigenvalue weighted by atomic mass is 32.1. The molecular weight excluding hydrogens is 338 g/mol. The van der Waals surface area contributed by atoms with E-state index in [2.05, 4.69) is 15.3 Å². The molecule has 7 heteroatoms. The van der Waals surface area contributed by atoms with Gasteiger partial charge in [-0.3, -0.25) is 19.6 Å². The van der Waals surface area contributed by atoms with Gasteiger partial charge in [-0.25, -0.2) is 4.79 Å². The highest BCUT2D eigenvalue weighted by Crippen LogP contribution is 2.47. The fourth-order valence-corrected chi connectivity index (χ4v) is 4.31. The molecule has 3 N–H and O–H groups in total. The fraction of sp³-hybridized carbons (Fsp3) is 0.0556. The van der Waals surface area contributed by atoms with Crippen LogP contribution in [0.4, 0.5) is 5.82 Å². The number of aromatic amines is 2. The van der Waals surface area contributed by atoms with Crippen molar-refractivity contribution in [3.63, 3.8) is 0 Å². The van der Waals surface area contributed by atoms with Gasteiger partial charge in [-0.1, -0.05) is 24.3 Å². The molecule has 1 aliphatic carbocycles. The number of H-pyrrole nitrogens is 2. The van der Waals surface area contributed by atoms with Gasteiger partial charge in [0.05, 0.1) is 11.3 Å². The number of Topliss-reactive ketones (excluding diaryl/α,β-unsaturated/α-hetero) is 1. The van der Waals surface area contributed by atoms with E-state index in [1.165, 1.54) is 11.3 Å². The van der Waals surface area contributed by atoms with E-state index in [4.69, 9.17) is 0 Å². The molecule has 0 amide bonds. The maximum atomic E-state index is 13.0. The van der Waals surface area contributed by atoms with Gasteiger partial charge in [-0.2, -0.15) is 11.3 Å². The molecular formula is C18H11N3O3S. The van der Waals surface area contributed by atoms with Gasteiger partial charge in [0.2, 0.25) is 0 Å². The van der Waals surface area contributed by atoms with Gasteiger partial charge in [0.1, 0.15) is 5.82 Å². The summed E-state index contributed by atoms with van der Waals surface area (Å²) >= 11 is 1.50. The summed E-state index contributed by atoms with van der Waals surface area (Å²) in [4.78, 5) is 42.2. The summed E-state index contributed by atoms with van der Waals surface area (Å²) in [5, 5.41) is 6.93. The van der Waals surface area contributed by atoms with E-state index in [9.17, 15) is 14.4 Å². The van der Waals surface area contributed by atoms with Crippen LogP contribution in [0.1, 0.15) is 33.0 Å². The number of ketones is 1. The molecule has 1 aromatic carbocycles. The lowest BCUT2D eigenvalue weighted by molar-refractivity contribution is 0.103. The first-order chi connectivity index (χ1) is 12.1. The first kappa shape index (κ1) is 14.2. The number of thiophene rings is 1. The number of carbonyl (C=O) groups excluding carboxylic acids is 1. The largest absolute Gasteiger partial charge is 0.340 e. The lowest BCUT2D eigenvalue weighted by Gasteiger charge is -2.26. The molecule has 2 aromatic heterocycles. The number of anilines is 1. The Labute approximate surface area is 144 Å². The Balaban J connectivity index is 1.86. The minimum absolute atomic E-state index is 0.0921. The summed E-state index contributed by atoms with van der Waals surface area (Å²) in [5.74, 6) is -0.267. The van der Waals surface area contributed by atoms with E-state index in [0.29, 0.717) is 28.2 Å². The molecule has 3 aromatic rings. The van der Waals surface area contributed by atoms with Gasteiger partial charge >= 0.3 is 5.69 Å². The van der Waals surface area contributed by atoms with Gasteiger partial charge in [0.25, 0.3) is 5.56 Å². The van der Waals surface area contributed by atoms with E-state index in [1.807, 2.05) is 35.0 Å². The number of hydrogen-bond acceptors (Lipinski definition) is 5. The third-order valence-corrected chi connectivity index (χ3v) is 5.34. The van der Waals surface area contributed by atoms with Crippen molar-refractivity contribution in [1.29, 1.82) is 0 Å². The van der Waals surface area contributed by atoms with Gasteiger partial charge < -0.3 is 5.32 Å². The van der Waals surface area contributed by atoms with E-state index in [0.717, 1.165) is 11.1 Å². The second-order valence-electron chi connectivity index (χ2n) is 5.98. The van der Waals surface area contributed by atoms with Crippen LogP contribution in [0.15, 0.2) is 56.3 Å². The Morgan fingerprint density at radius 3 is 2.52 bits per heavy atom. The zero-order valence-electron chi connectivity index (χ0n) is 12.8. The van der Waals surface area contributed by atoms with Crippen LogP contribution in [-0.2, 0) is 0 Å². The van der Waals surface area contributed by atoms with E-state index in [1.54, 1.807) is 6.07 Å². The van der Waals surface area contributed by atoms with E-state index >= 15 is 0 Å². The van der Waals surface area contributed by atoms with Gasteiger partial charge in [0, 0.05) is 22.6 Å². The molecule has 1 atom stereocenters. The maximum absolute atomic E-state index is 13.0. The van der Waals surface area contributed by atoms with Crippen LogP contribution in [0.25, 0.3) is 5.70 Å². The van der Waals surface area contributed by atoms with Gasteiger partial charge in [-0.15, -0.1) is 0 Å². The minimum atomic E-state index is -0.582. The Kier molecular flexibility index (Phi) is 2.78. The highest BCUT2D eigenvalue weighted by Gasteiger charge is 2.41. The van der Waals surface area contributed by atoms with Crippen molar-refractivity contribution < 1.29 is 4.79 Å². The summed E-state index contributed by atoms with van der Waals surface area (Å²) in [6, 6.07) is 9.22. The third-order valence-electron chi connectivity index (χ3n) is 4.64. The van der Waals surface area contributed by atoms with Crippen molar-refractivity contribution >= 4 is 28.6 Å². The van der Waals surface area contributed by atoms with Crippen molar-refractivity contribution in [3.8, 4) is 0 Å². The molecule has 0 bridgehead atoms. The molecule has 6 nitrogen and oxygen atoms in total. The van der Waals surface area contributed by atoms with Crippen molar-refractivity contribution in [1.82, 2.24) is 9.97 Å². The number of hydrogen-bond donors (Lipinski definition) is 3. The Hall–Kier alpha value is -3.19. The summed E-state index contributed by atoms with van der Waals surface area (Å²) in [6.45, 7) is 0. The van der Waals surface area contributed by atoms with Crippen LogP contribution in [0.2, 0.25) is 0 Å². The molecule has 25 heavy (non-hydrogen) atoms. The second kappa shape index (κ2) is 4.90. The summed E-state index contributed by atoms with van der Waals surface area (Å²) in [6.07, 6.45) is 0. The molecule has 2 aliphatic rings. The van der Waals surface area contributed by atoms with Crippen molar-refractivity contribution in [2.45, 2.75) is 5.92 Å². The molecule has 3 heterocycles. The highest BCUT2D eigenvalue weighted by molar-refractivity contribution is 7.08. The average Bonchev–Trinajstić information content (AvgIpc) is 3.21. The summed E-state index contributed by atoms with van der Waals surface area (Å²) < 4.78 is 0. The number of fused-ring (bicyclic) bond motifs is 3. The predicted octanol–water partition coefficient (Wildman–Crippen LogP) is 2.29. The molecule has 0 fully saturated rings. The number of carbonyl (C=O) groups is 1. The molecule has 0 spiro atoms. The zero-order chi connectivity index (χ0) is 17.1. The van der Waals surface area contributed by atoms with Crippen LogP contribution < -0.4 is 16.6 Å². The fourth-order valence-electron chi connectivity index (χ4n) is 3.62. The van der Waals surface area contributed by atoms with Crippen LogP contribution in [-0.4, -0.2) is 15.8 Å². The lowest BCUT2D eigenvalue weighted by atomic mass is 9.83.